The Bertz CT molecular complexity index is 1020. The van der Waals surface area contributed by atoms with Gasteiger partial charge in [-0.1, -0.05) is 36.0 Å². The maximum atomic E-state index is 12.2. The zero-order valence-corrected chi connectivity index (χ0v) is 13.9. The maximum absolute atomic E-state index is 12.2. The summed E-state index contributed by atoms with van der Waals surface area (Å²) in [4.78, 5) is 24.3. The molecule has 0 aliphatic carbocycles. The molecule has 0 radical (unpaired) electrons. The molecule has 0 fully saturated rings. The number of thioether (sulfide) groups is 1. The fraction of sp³-hybridized carbons (Fsp3) is 0.118. The van der Waals surface area contributed by atoms with Gasteiger partial charge in [0.2, 0.25) is 0 Å². The van der Waals surface area contributed by atoms with Crippen LogP contribution in [0.3, 0.4) is 0 Å². The lowest BCUT2D eigenvalue weighted by molar-refractivity contribution is 0.922. The topological polar surface area (TPSA) is 58.6 Å². The standard InChI is InChI=1S/C17H13N3OS2/c1-10(22-17-19-13-8-4-5-9-14(13)23-17)15-18-12-7-3-2-6-11(12)16(21)20-15/h2-10H,1H3,(H,18,20,21)/t10-/m1/s1. The van der Waals surface area contributed by atoms with Gasteiger partial charge in [0.05, 0.1) is 26.4 Å². The highest BCUT2D eigenvalue weighted by atomic mass is 32.2. The van der Waals surface area contributed by atoms with Gasteiger partial charge in [-0.3, -0.25) is 4.79 Å². The Morgan fingerprint density at radius 1 is 1.04 bits per heavy atom. The summed E-state index contributed by atoms with van der Waals surface area (Å²) >= 11 is 3.27. The minimum absolute atomic E-state index is 0.0212. The summed E-state index contributed by atoms with van der Waals surface area (Å²) in [6, 6.07) is 15.5. The predicted molar refractivity (Wildman–Crippen MR) is 96.3 cm³/mol. The van der Waals surface area contributed by atoms with E-state index in [-0.39, 0.29) is 10.8 Å². The second kappa shape index (κ2) is 5.79. The Hall–Kier alpha value is -2.18. The lowest BCUT2D eigenvalue weighted by Gasteiger charge is -2.09. The number of fused-ring (bicyclic) bond motifs is 2. The molecule has 4 aromatic rings. The van der Waals surface area contributed by atoms with E-state index in [9.17, 15) is 4.79 Å². The zero-order chi connectivity index (χ0) is 15.8. The van der Waals surface area contributed by atoms with E-state index in [1.165, 1.54) is 4.70 Å². The Morgan fingerprint density at radius 2 is 1.78 bits per heavy atom. The zero-order valence-electron chi connectivity index (χ0n) is 12.3. The van der Waals surface area contributed by atoms with E-state index < -0.39 is 0 Å². The number of para-hydroxylation sites is 2. The van der Waals surface area contributed by atoms with E-state index in [0.29, 0.717) is 11.2 Å². The first kappa shape index (κ1) is 14.4. The number of H-pyrrole nitrogens is 1. The van der Waals surface area contributed by atoms with Crippen molar-refractivity contribution >= 4 is 44.2 Å². The molecule has 114 valence electrons. The first-order valence-corrected chi connectivity index (χ1v) is 8.91. The van der Waals surface area contributed by atoms with Crippen molar-refractivity contribution in [2.24, 2.45) is 0 Å². The molecule has 1 atom stereocenters. The molecule has 6 heteroatoms. The van der Waals surface area contributed by atoms with Crippen molar-refractivity contribution in [3.63, 3.8) is 0 Å². The molecule has 2 heterocycles. The fourth-order valence-corrected chi connectivity index (χ4v) is 4.67. The fourth-order valence-electron chi connectivity index (χ4n) is 2.41. The SMILES string of the molecule is C[C@@H](Sc1nc2ccccc2s1)c1nc2ccccc2c(=O)[nH]1. The van der Waals surface area contributed by atoms with E-state index in [2.05, 4.69) is 21.0 Å². The number of hydrogen-bond donors (Lipinski definition) is 1. The molecular formula is C17H13N3OS2. The van der Waals surface area contributed by atoms with Gasteiger partial charge in [0.1, 0.15) is 5.82 Å². The van der Waals surface area contributed by atoms with E-state index in [1.54, 1.807) is 29.2 Å². The minimum atomic E-state index is -0.0950. The normalized spacial score (nSPS) is 12.7. The van der Waals surface area contributed by atoms with Crippen LogP contribution in [0.15, 0.2) is 57.7 Å². The molecule has 0 unspecified atom stereocenters. The van der Waals surface area contributed by atoms with Gasteiger partial charge in [0.25, 0.3) is 5.56 Å². The van der Waals surface area contributed by atoms with Crippen LogP contribution in [0.1, 0.15) is 18.0 Å². The van der Waals surface area contributed by atoms with Crippen LogP contribution >= 0.6 is 23.1 Å². The summed E-state index contributed by atoms with van der Waals surface area (Å²) < 4.78 is 2.15. The first-order chi connectivity index (χ1) is 11.2. The van der Waals surface area contributed by atoms with Gasteiger partial charge >= 0.3 is 0 Å². The van der Waals surface area contributed by atoms with Crippen LogP contribution in [0, 0.1) is 0 Å². The van der Waals surface area contributed by atoms with Crippen LogP contribution in [-0.4, -0.2) is 15.0 Å². The second-order valence-corrected chi connectivity index (χ2v) is 7.79. The molecule has 4 nitrogen and oxygen atoms in total. The number of nitrogens with one attached hydrogen (secondary N) is 1. The molecule has 0 amide bonds. The molecular weight excluding hydrogens is 326 g/mol. The van der Waals surface area contributed by atoms with Crippen LogP contribution < -0.4 is 5.56 Å². The monoisotopic (exact) mass is 339 g/mol. The molecule has 0 spiro atoms. The van der Waals surface area contributed by atoms with Gasteiger partial charge in [0, 0.05) is 0 Å². The van der Waals surface area contributed by atoms with Crippen molar-refractivity contribution in [1.29, 1.82) is 0 Å². The second-order valence-electron chi connectivity index (χ2n) is 5.18. The number of aromatic nitrogens is 3. The molecule has 4 rings (SSSR count). The summed E-state index contributed by atoms with van der Waals surface area (Å²) in [6.07, 6.45) is 0. The average Bonchev–Trinajstić information content (AvgIpc) is 2.97. The summed E-state index contributed by atoms with van der Waals surface area (Å²) in [5.74, 6) is 0.679. The van der Waals surface area contributed by atoms with Crippen molar-refractivity contribution in [3.8, 4) is 0 Å². The molecule has 0 saturated heterocycles. The molecule has 1 N–H and O–H groups in total. The first-order valence-electron chi connectivity index (χ1n) is 7.22. The van der Waals surface area contributed by atoms with E-state index in [0.717, 1.165) is 15.4 Å². The largest absolute Gasteiger partial charge is 0.309 e. The maximum Gasteiger partial charge on any atom is 0.258 e. The van der Waals surface area contributed by atoms with Gasteiger partial charge in [-0.2, -0.15) is 0 Å². The molecule has 0 aliphatic heterocycles. The quantitative estimate of drug-likeness (QED) is 0.563. The lowest BCUT2D eigenvalue weighted by Crippen LogP contribution is -2.12. The number of benzene rings is 2. The van der Waals surface area contributed by atoms with Crippen LogP contribution in [0.5, 0.6) is 0 Å². The van der Waals surface area contributed by atoms with Crippen molar-refractivity contribution in [3.05, 3.63) is 64.7 Å². The third kappa shape index (κ3) is 2.75. The number of hydrogen-bond acceptors (Lipinski definition) is 5. The van der Waals surface area contributed by atoms with Crippen LogP contribution in [-0.2, 0) is 0 Å². The van der Waals surface area contributed by atoms with E-state index >= 15 is 0 Å². The van der Waals surface area contributed by atoms with Gasteiger partial charge in [-0.25, -0.2) is 9.97 Å². The Morgan fingerprint density at radius 3 is 2.61 bits per heavy atom. The van der Waals surface area contributed by atoms with E-state index in [4.69, 9.17) is 0 Å². The van der Waals surface area contributed by atoms with Crippen LogP contribution in [0.25, 0.3) is 21.1 Å². The Labute approximate surface area is 140 Å². The minimum Gasteiger partial charge on any atom is -0.309 e. The lowest BCUT2D eigenvalue weighted by atomic mass is 10.2. The highest BCUT2D eigenvalue weighted by Gasteiger charge is 2.14. The summed E-state index contributed by atoms with van der Waals surface area (Å²) in [5.41, 5.74) is 1.64. The van der Waals surface area contributed by atoms with Crippen molar-refractivity contribution in [2.75, 3.05) is 0 Å². The third-order valence-electron chi connectivity index (χ3n) is 3.57. The number of rotatable bonds is 3. The smallest absolute Gasteiger partial charge is 0.258 e. The molecule has 0 bridgehead atoms. The molecule has 2 aromatic heterocycles. The summed E-state index contributed by atoms with van der Waals surface area (Å²) in [7, 11) is 0. The van der Waals surface area contributed by atoms with Crippen molar-refractivity contribution in [2.45, 2.75) is 16.5 Å². The predicted octanol–water partition coefficient (Wildman–Crippen LogP) is 4.39. The van der Waals surface area contributed by atoms with Gasteiger partial charge < -0.3 is 4.98 Å². The van der Waals surface area contributed by atoms with Crippen molar-refractivity contribution < 1.29 is 0 Å². The number of thiazole rings is 1. The van der Waals surface area contributed by atoms with E-state index in [1.807, 2.05) is 43.3 Å². The molecule has 2 aromatic carbocycles. The Kier molecular flexibility index (Phi) is 3.63. The summed E-state index contributed by atoms with van der Waals surface area (Å²) in [6.45, 7) is 2.03. The average molecular weight is 339 g/mol. The van der Waals surface area contributed by atoms with Gasteiger partial charge in [-0.15, -0.1) is 11.3 Å². The summed E-state index contributed by atoms with van der Waals surface area (Å²) in [5, 5.41) is 0.640. The van der Waals surface area contributed by atoms with Crippen LogP contribution in [0.4, 0.5) is 0 Å². The molecule has 0 aliphatic rings. The van der Waals surface area contributed by atoms with Gasteiger partial charge in [-0.05, 0) is 31.2 Å². The highest BCUT2D eigenvalue weighted by molar-refractivity contribution is 8.01. The Balaban J connectivity index is 1.68. The number of nitrogens with zero attached hydrogens (tertiary/aromatic N) is 2. The number of aromatic amines is 1. The third-order valence-corrected chi connectivity index (χ3v) is 5.81. The highest BCUT2D eigenvalue weighted by Crippen LogP contribution is 2.37. The van der Waals surface area contributed by atoms with Crippen molar-refractivity contribution in [1.82, 2.24) is 15.0 Å². The van der Waals surface area contributed by atoms with Crippen LogP contribution in [0.2, 0.25) is 0 Å². The molecule has 23 heavy (non-hydrogen) atoms. The van der Waals surface area contributed by atoms with Gasteiger partial charge in [0.15, 0.2) is 4.34 Å². The molecule has 0 saturated carbocycles.